The van der Waals surface area contributed by atoms with E-state index in [-0.39, 0.29) is 5.97 Å². The van der Waals surface area contributed by atoms with E-state index in [1.165, 1.54) is 7.11 Å². The zero-order chi connectivity index (χ0) is 11.7. The first kappa shape index (κ1) is 14.1. The van der Waals surface area contributed by atoms with Gasteiger partial charge in [-0.15, -0.1) is 0 Å². The van der Waals surface area contributed by atoms with Crippen LogP contribution in [-0.2, 0) is 14.3 Å². The van der Waals surface area contributed by atoms with E-state index in [0.717, 1.165) is 19.3 Å². The van der Waals surface area contributed by atoms with Gasteiger partial charge in [-0.25, -0.2) is 0 Å². The number of hydrogen-bond acceptors (Lipinski definition) is 4. The topological polar surface area (TPSA) is 69.4 Å². The van der Waals surface area contributed by atoms with E-state index in [1.807, 2.05) is 6.92 Å². The summed E-state index contributed by atoms with van der Waals surface area (Å²) in [7, 11) is 1.34. The van der Waals surface area contributed by atoms with Gasteiger partial charge in [0.2, 0.25) is 0 Å². The summed E-state index contributed by atoms with van der Waals surface area (Å²) in [5.74, 6) is -0.0631. The largest absolute Gasteiger partial charge is 0.468 e. The first-order valence-electron chi connectivity index (χ1n) is 5.47. The quantitative estimate of drug-likeness (QED) is 0.491. The summed E-state index contributed by atoms with van der Waals surface area (Å²) in [6.45, 7) is 1.87. The first-order chi connectivity index (χ1) is 7.11. The number of ether oxygens (including phenoxy) is 1. The molecule has 0 unspecified atom stereocenters. The summed E-state index contributed by atoms with van der Waals surface area (Å²) in [4.78, 5) is 21.9. The lowest BCUT2D eigenvalue weighted by Crippen LogP contribution is -2.31. The Bertz CT molecular complexity index is 204. The van der Waals surface area contributed by atoms with Gasteiger partial charge in [-0.2, -0.15) is 0 Å². The third kappa shape index (κ3) is 7.08. The number of ketones is 1. The molecular weight excluding hydrogens is 194 g/mol. The highest BCUT2D eigenvalue weighted by Gasteiger charge is 2.12. The van der Waals surface area contributed by atoms with Crippen LogP contribution in [0.1, 0.15) is 45.4 Å². The summed E-state index contributed by atoms with van der Waals surface area (Å²) in [5, 5.41) is 0. The Labute approximate surface area is 91.2 Å². The highest BCUT2D eigenvalue weighted by atomic mass is 16.5. The molecule has 0 spiro atoms. The van der Waals surface area contributed by atoms with Crippen molar-refractivity contribution in [2.45, 2.75) is 51.5 Å². The molecule has 15 heavy (non-hydrogen) atoms. The van der Waals surface area contributed by atoms with E-state index in [9.17, 15) is 9.59 Å². The van der Waals surface area contributed by atoms with Gasteiger partial charge in [-0.1, -0.05) is 19.8 Å². The van der Waals surface area contributed by atoms with Gasteiger partial charge >= 0.3 is 5.97 Å². The molecular formula is C11H21NO3. The first-order valence-corrected chi connectivity index (χ1v) is 5.47. The molecule has 2 N–H and O–H groups in total. The number of nitrogens with two attached hydrogens (primary N) is 1. The summed E-state index contributed by atoms with van der Waals surface area (Å²) < 4.78 is 4.51. The van der Waals surface area contributed by atoms with E-state index in [1.54, 1.807) is 0 Å². The number of carbonyl (C=O) groups is 2. The van der Waals surface area contributed by atoms with E-state index in [4.69, 9.17) is 5.73 Å². The van der Waals surface area contributed by atoms with Crippen LogP contribution in [0.5, 0.6) is 0 Å². The van der Waals surface area contributed by atoms with Crippen molar-refractivity contribution in [3.63, 3.8) is 0 Å². The van der Waals surface area contributed by atoms with Crippen LogP contribution in [0.2, 0.25) is 0 Å². The molecule has 0 amide bonds. The fourth-order valence-corrected chi connectivity index (χ4v) is 1.31. The Kier molecular flexibility index (Phi) is 7.91. The van der Waals surface area contributed by atoms with Crippen LogP contribution in [0.3, 0.4) is 0 Å². The summed E-state index contributed by atoms with van der Waals surface area (Å²) >= 11 is 0. The molecule has 0 radical (unpaired) electrons. The van der Waals surface area contributed by atoms with Gasteiger partial charge in [-0.3, -0.25) is 9.59 Å². The molecule has 0 bridgehead atoms. The Hall–Kier alpha value is -0.900. The maximum Gasteiger partial charge on any atom is 0.322 e. The second-order valence-corrected chi connectivity index (χ2v) is 3.62. The molecule has 0 aromatic carbocycles. The van der Waals surface area contributed by atoms with Crippen LogP contribution in [0, 0.1) is 0 Å². The van der Waals surface area contributed by atoms with Crippen molar-refractivity contribution < 1.29 is 14.3 Å². The minimum absolute atomic E-state index is 0.298. The van der Waals surface area contributed by atoms with Crippen molar-refractivity contribution in [1.82, 2.24) is 0 Å². The number of methoxy groups -OCH3 is 1. The standard InChI is InChI=1S/C11H21NO3/c1-3-9(13)7-5-4-6-8-10(12)11(14)15-2/h10H,3-8,12H2,1-2H3/t10-/m0/s1. The molecule has 0 aromatic rings. The highest BCUT2D eigenvalue weighted by Crippen LogP contribution is 2.06. The molecule has 4 heteroatoms. The molecule has 0 aliphatic rings. The average molecular weight is 215 g/mol. The Morgan fingerprint density at radius 3 is 2.47 bits per heavy atom. The van der Waals surface area contributed by atoms with Crippen molar-refractivity contribution >= 4 is 11.8 Å². The minimum atomic E-state index is -0.517. The molecule has 0 fully saturated rings. The number of Topliss-reactive ketones (excluding diaryl/α,β-unsaturated/α-hetero) is 1. The lowest BCUT2D eigenvalue weighted by molar-refractivity contribution is -0.142. The molecule has 0 saturated heterocycles. The smallest absolute Gasteiger partial charge is 0.322 e. The SMILES string of the molecule is CCC(=O)CCCCC[C@H](N)C(=O)OC. The van der Waals surface area contributed by atoms with Crippen LogP contribution in [0.15, 0.2) is 0 Å². The minimum Gasteiger partial charge on any atom is -0.468 e. The lowest BCUT2D eigenvalue weighted by atomic mass is 10.1. The second kappa shape index (κ2) is 8.41. The predicted octanol–water partition coefficient (Wildman–Crippen LogP) is 1.42. The summed E-state index contributed by atoms with van der Waals surface area (Å²) in [6.07, 6.45) is 4.59. The molecule has 0 rings (SSSR count). The molecule has 4 nitrogen and oxygen atoms in total. The van der Waals surface area contributed by atoms with Crippen molar-refractivity contribution in [1.29, 1.82) is 0 Å². The number of rotatable bonds is 8. The van der Waals surface area contributed by atoms with Gasteiger partial charge in [0.15, 0.2) is 0 Å². The van der Waals surface area contributed by atoms with Gasteiger partial charge in [0.05, 0.1) is 7.11 Å². The maximum absolute atomic E-state index is 11.0. The molecule has 0 aromatic heterocycles. The second-order valence-electron chi connectivity index (χ2n) is 3.62. The summed E-state index contributed by atoms with van der Waals surface area (Å²) in [5.41, 5.74) is 5.55. The van der Waals surface area contributed by atoms with Crippen LogP contribution in [0.25, 0.3) is 0 Å². The Morgan fingerprint density at radius 1 is 1.27 bits per heavy atom. The number of esters is 1. The van der Waals surface area contributed by atoms with Crippen LogP contribution >= 0.6 is 0 Å². The lowest BCUT2D eigenvalue weighted by Gasteiger charge is -2.08. The van der Waals surface area contributed by atoms with Gasteiger partial charge < -0.3 is 10.5 Å². The van der Waals surface area contributed by atoms with Crippen molar-refractivity contribution in [3.8, 4) is 0 Å². The highest BCUT2D eigenvalue weighted by molar-refractivity contribution is 5.77. The fraction of sp³-hybridized carbons (Fsp3) is 0.818. The molecule has 88 valence electrons. The van der Waals surface area contributed by atoms with E-state index < -0.39 is 6.04 Å². The summed E-state index contributed by atoms with van der Waals surface area (Å²) in [6, 6.07) is -0.517. The van der Waals surface area contributed by atoms with Crippen molar-refractivity contribution in [3.05, 3.63) is 0 Å². The van der Waals surface area contributed by atoms with Crippen LogP contribution in [0.4, 0.5) is 0 Å². The van der Waals surface area contributed by atoms with Gasteiger partial charge in [-0.05, 0) is 12.8 Å². The van der Waals surface area contributed by atoms with E-state index >= 15 is 0 Å². The molecule has 0 aliphatic carbocycles. The maximum atomic E-state index is 11.0. The van der Waals surface area contributed by atoms with Crippen molar-refractivity contribution in [2.75, 3.05) is 7.11 Å². The number of carbonyl (C=O) groups excluding carboxylic acids is 2. The Morgan fingerprint density at radius 2 is 1.93 bits per heavy atom. The monoisotopic (exact) mass is 215 g/mol. The van der Waals surface area contributed by atoms with Crippen LogP contribution < -0.4 is 5.73 Å². The normalized spacial score (nSPS) is 12.2. The zero-order valence-electron chi connectivity index (χ0n) is 9.62. The molecule has 0 saturated carbocycles. The fourth-order valence-electron chi connectivity index (χ4n) is 1.31. The van der Waals surface area contributed by atoms with Crippen LogP contribution in [-0.4, -0.2) is 24.9 Å². The van der Waals surface area contributed by atoms with Crippen molar-refractivity contribution in [2.24, 2.45) is 5.73 Å². The van der Waals surface area contributed by atoms with Gasteiger partial charge in [0.25, 0.3) is 0 Å². The molecule has 0 heterocycles. The van der Waals surface area contributed by atoms with Gasteiger partial charge in [0, 0.05) is 12.8 Å². The third-order valence-corrected chi connectivity index (χ3v) is 2.37. The number of unbranched alkanes of at least 4 members (excludes halogenated alkanes) is 2. The number of hydrogen-bond donors (Lipinski definition) is 1. The average Bonchev–Trinajstić information content (AvgIpc) is 2.26. The van der Waals surface area contributed by atoms with E-state index in [0.29, 0.717) is 25.0 Å². The predicted molar refractivity (Wildman–Crippen MR) is 58.4 cm³/mol. The van der Waals surface area contributed by atoms with Gasteiger partial charge in [0.1, 0.15) is 11.8 Å². The van der Waals surface area contributed by atoms with E-state index in [2.05, 4.69) is 4.74 Å². The zero-order valence-corrected chi connectivity index (χ0v) is 9.62. The molecule has 1 atom stereocenters. The third-order valence-electron chi connectivity index (χ3n) is 2.37. The Balaban J connectivity index is 3.38. The molecule has 0 aliphatic heterocycles.